The second kappa shape index (κ2) is 2.52. The zero-order valence-electron chi connectivity index (χ0n) is 7.22. The van der Waals surface area contributed by atoms with Crippen LogP contribution in [0, 0.1) is 23.2 Å². The van der Waals surface area contributed by atoms with Gasteiger partial charge in [0.25, 0.3) is 0 Å². The van der Waals surface area contributed by atoms with Gasteiger partial charge in [0.15, 0.2) is 0 Å². The highest BCUT2D eigenvalue weighted by Crippen LogP contribution is 2.70. The van der Waals surface area contributed by atoms with E-state index in [1.807, 2.05) is 0 Å². The highest BCUT2D eigenvalue weighted by molar-refractivity contribution is 5.88. The predicted molar refractivity (Wildman–Crippen MR) is 44.2 cm³/mol. The van der Waals surface area contributed by atoms with Crippen molar-refractivity contribution in [1.82, 2.24) is 0 Å². The van der Waals surface area contributed by atoms with Crippen molar-refractivity contribution in [3.05, 3.63) is 0 Å². The predicted octanol–water partition coefficient (Wildman–Crippen LogP) is 1.35. The number of hydrogen-bond donors (Lipinski definition) is 0. The van der Waals surface area contributed by atoms with Gasteiger partial charge in [0.05, 0.1) is 6.61 Å². The van der Waals surface area contributed by atoms with Crippen LogP contribution in [0.3, 0.4) is 0 Å². The second-order valence-electron chi connectivity index (χ2n) is 3.61. The van der Waals surface area contributed by atoms with Gasteiger partial charge < -0.3 is 4.74 Å². The van der Waals surface area contributed by atoms with E-state index in [0.717, 1.165) is 0 Å². The minimum absolute atomic E-state index is 0.375. The van der Waals surface area contributed by atoms with Crippen LogP contribution in [0.5, 0.6) is 0 Å². The van der Waals surface area contributed by atoms with E-state index in [0.29, 0.717) is 17.9 Å². The normalized spacial score (nSPS) is 27.2. The summed E-state index contributed by atoms with van der Waals surface area (Å²) in [5.41, 5.74) is 0.569. The van der Waals surface area contributed by atoms with E-state index in [1.165, 1.54) is 19.3 Å². The van der Waals surface area contributed by atoms with Crippen molar-refractivity contribution in [3.8, 4) is 11.8 Å². The summed E-state index contributed by atoms with van der Waals surface area (Å²) in [5.74, 6) is 5.63. The van der Waals surface area contributed by atoms with Crippen molar-refractivity contribution in [3.63, 3.8) is 0 Å². The Balaban J connectivity index is 1.81. The molecule has 2 aliphatic carbocycles. The first-order valence-corrected chi connectivity index (χ1v) is 4.45. The van der Waals surface area contributed by atoms with Crippen LogP contribution >= 0.6 is 0 Å². The first kappa shape index (κ1) is 7.67. The van der Waals surface area contributed by atoms with Crippen LogP contribution in [-0.2, 0) is 9.53 Å². The number of hydrogen-bond acceptors (Lipinski definition) is 2. The molecule has 64 valence electrons. The zero-order chi connectivity index (χ0) is 8.60. The Kier molecular flexibility index (Phi) is 1.61. The van der Waals surface area contributed by atoms with Crippen molar-refractivity contribution in [2.75, 3.05) is 6.61 Å². The van der Waals surface area contributed by atoms with Crippen LogP contribution in [-0.4, -0.2) is 12.6 Å². The first-order chi connectivity index (χ1) is 5.77. The summed E-state index contributed by atoms with van der Waals surface area (Å²) in [4.78, 5) is 10.8. The summed E-state index contributed by atoms with van der Waals surface area (Å²) >= 11 is 0. The van der Waals surface area contributed by atoms with Crippen LogP contribution in [0.4, 0.5) is 0 Å². The molecule has 2 rings (SSSR count). The van der Waals surface area contributed by atoms with Gasteiger partial charge in [-0.25, -0.2) is 4.79 Å². The van der Waals surface area contributed by atoms with E-state index < -0.39 is 0 Å². The van der Waals surface area contributed by atoms with Crippen molar-refractivity contribution >= 4 is 5.97 Å². The number of esters is 1. The molecule has 0 N–H and O–H groups in total. The third-order valence-electron chi connectivity index (χ3n) is 2.71. The lowest BCUT2D eigenvalue weighted by atomic mass is 10.3. The molecule has 0 radical (unpaired) electrons. The largest absolute Gasteiger partial charge is 0.456 e. The Bertz CT molecular complexity index is 265. The third-order valence-corrected chi connectivity index (χ3v) is 2.71. The molecule has 2 heteroatoms. The van der Waals surface area contributed by atoms with Gasteiger partial charge in [0, 0.05) is 11.8 Å². The van der Waals surface area contributed by atoms with Crippen molar-refractivity contribution in [1.29, 1.82) is 0 Å². The fourth-order valence-corrected chi connectivity index (χ4v) is 1.58. The first-order valence-electron chi connectivity index (χ1n) is 4.45. The van der Waals surface area contributed by atoms with Crippen LogP contribution in [0.2, 0.25) is 0 Å². The lowest BCUT2D eigenvalue weighted by Crippen LogP contribution is -1.99. The van der Waals surface area contributed by atoms with E-state index in [9.17, 15) is 4.79 Å². The summed E-state index contributed by atoms with van der Waals surface area (Å²) in [6, 6.07) is 0. The Hall–Kier alpha value is -0.970. The second-order valence-corrected chi connectivity index (χ2v) is 3.61. The Morgan fingerprint density at radius 3 is 2.92 bits per heavy atom. The van der Waals surface area contributed by atoms with E-state index in [2.05, 4.69) is 11.8 Å². The van der Waals surface area contributed by atoms with Gasteiger partial charge in [-0.15, -0.1) is 0 Å². The minimum atomic E-state index is -0.375. The molecule has 1 unspecified atom stereocenters. The summed E-state index contributed by atoms with van der Waals surface area (Å²) in [6.45, 7) is 2.21. The molecule has 0 aliphatic heterocycles. The summed E-state index contributed by atoms with van der Waals surface area (Å²) in [5, 5.41) is 0. The van der Waals surface area contributed by atoms with Gasteiger partial charge in [-0.2, -0.15) is 0 Å². The van der Waals surface area contributed by atoms with Crippen LogP contribution in [0.15, 0.2) is 0 Å². The van der Waals surface area contributed by atoms with Crippen LogP contribution in [0.1, 0.15) is 26.2 Å². The molecule has 1 spiro atoms. The summed E-state index contributed by atoms with van der Waals surface area (Å²) in [7, 11) is 0. The molecule has 0 amide bonds. The van der Waals surface area contributed by atoms with Gasteiger partial charge in [-0.05, 0) is 31.6 Å². The zero-order valence-corrected chi connectivity index (χ0v) is 7.22. The number of ether oxygens (including phenoxy) is 1. The molecular weight excluding hydrogens is 152 g/mol. The van der Waals surface area contributed by atoms with E-state index >= 15 is 0 Å². The van der Waals surface area contributed by atoms with Crippen LogP contribution < -0.4 is 0 Å². The monoisotopic (exact) mass is 164 g/mol. The van der Waals surface area contributed by atoms with Crippen molar-refractivity contribution < 1.29 is 9.53 Å². The third kappa shape index (κ3) is 1.32. The SMILES string of the molecule is CCOC(=O)C#CC1CC12CC2. The average molecular weight is 164 g/mol. The molecule has 0 heterocycles. The molecular formula is C10H12O2. The molecule has 2 nitrogen and oxygen atoms in total. The summed E-state index contributed by atoms with van der Waals surface area (Å²) < 4.78 is 4.70. The Morgan fingerprint density at radius 2 is 2.42 bits per heavy atom. The average Bonchev–Trinajstić information content (AvgIpc) is 2.91. The summed E-state index contributed by atoms with van der Waals surface area (Å²) in [6.07, 6.45) is 3.84. The maximum Gasteiger partial charge on any atom is 0.384 e. The quantitative estimate of drug-likeness (QED) is 0.332. The Morgan fingerprint density at radius 1 is 1.67 bits per heavy atom. The van der Waals surface area contributed by atoms with E-state index in [-0.39, 0.29) is 5.97 Å². The molecule has 2 fully saturated rings. The topological polar surface area (TPSA) is 26.3 Å². The minimum Gasteiger partial charge on any atom is -0.456 e. The lowest BCUT2D eigenvalue weighted by Gasteiger charge is -1.90. The molecule has 12 heavy (non-hydrogen) atoms. The standard InChI is InChI=1S/C10H12O2/c1-2-12-9(11)4-3-8-7-10(8)5-6-10/h8H,2,5-7H2,1H3. The highest BCUT2D eigenvalue weighted by Gasteiger charge is 2.62. The molecule has 0 saturated heterocycles. The van der Waals surface area contributed by atoms with Crippen molar-refractivity contribution in [2.45, 2.75) is 26.2 Å². The maximum absolute atomic E-state index is 10.8. The number of rotatable bonds is 1. The molecule has 0 aromatic rings. The van der Waals surface area contributed by atoms with Crippen molar-refractivity contribution in [2.24, 2.45) is 11.3 Å². The van der Waals surface area contributed by atoms with E-state index in [1.54, 1.807) is 6.92 Å². The van der Waals surface area contributed by atoms with Gasteiger partial charge in [0.2, 0.25) is 0 Å². The number of carbonyl (C=O) groups is 1. The van der Waals surface area contributed by atoms with Gasteiger partial charge in [0.1, 0.15) is 0 Å². The molecule has 2 aliphatic rings. The van der Waals surface area contributed by atoms with E-state index in [4.69, 9.17) is 4.74 Å². The molecule has 0 bridgehead atoms. The van der Waals surface area contributed by atoms with Gasteiger partial charge in [-0.1, -0.05) is 5.92 Å². The molecule has 0 aromatic carbocycles. The van der Waals surface area contributed by atoms with Gasteiger partial charge >= 0.3 is 5.97 Å². The highest BCUT2D eigenvalue weighted by atomic mass is 16.5. The Labute approximate surface area is 72.3 Å². The van der Waals surface area contributed by atoms with Crippen LogP contribution in [0.25, 0.3) is 0 Å². The van der Waals surface area contributed by atoms with Gasteiger partial charge in [-0.3, -0.25) is 0 Å². The number of carbonyl (C=O) groups excluding carboxylic acids is 1. The molecule has 2 saturated carbocycles. The lowest BCUT2D eigenvalue weighted by molar-refractivity contribution is -0.136. The smallest absolute Gasteiger partial charge is 0.384 e. The fourth-order valence-electron chi connectivity index (χ4n) is 1.58. The fraction of sp³-hybridized carbons (Fsp3) is 0.700. The maximum atomic E-state index is 10.8. The molecule has 0 aromatic heterocycles. The molecule has 1 atom stereocenters.